The Bertz CT molecular complexity index is 539. The molecule has 1 N–H and O–H groups in total. The highest BCUT2D eigenvalue weighted by Crippen LogP contribution is 2.18. The lowest BCUT2D eigenvalue weighted by atomic mass is 10.1. The predicted molar refractivity (Wildman–Crippen MR) is 84.7 cm³/mol. The maximum atomic E-state index is 13.5. The Morgan fingerprint density at radius 2 is 1.80 bits per heavy atom. The molecular weight excluding hydrogens is 269 g/mol. The van der Waals surface area contributed by atoms with Crippen LogP contribution in [0, 0.1) is 5.82 Å². The molecule has 0 aromatic heterocycles. The van der Waals surface area contributed by atoms with E-state index in [1.807, 2.05) is 12.1 Å². The molecule has 0 spiro atoms. The van der Waals surface area contributed by atoms with Gasteiger partial charge >= 0.3 is 0 Å². The molecule has 0 amide bonds. The molecule has 1 atom stereocenters. The van der Waals surface area contributed by atoms with Gasteiger partial charge in [0.15, 0.2) is 0 Å². The third kappa shape index (κ3) is 4.09. The molecule has 0 saturated heterocycles. The molecule has 106 valence electrons. The normalized spacial score (nSPS) is 12.3. The quantitative estimate of drug-likeness (QED) is 0.789. The number of hydrogen-bond acceptors (Lipinski definition) is 2. The molecule has 1 nitrogen and oxygen atoms in total. The Labute approximate surface area is 124 Å². The van der Waals surface area contributed by atoms with Crippen LogP contribution in [0.1, 0.15) is 24.1 Å². The van der Waals surface area contributed by atoms with Crippen molar-refractivity contribution in [3.63, 3.8) is 0 Å². The molecule has 1 unspecified atom stereocenters. The topological polar surface area (TPSA) is 12.0 Å². The Morgan fingerprint density at radius 1 is 1.10 bits per heavy atom. The first-order valence-electron chi connectivity index (χ1n) is 6.81. The number of rotatable bonds is 6. The van der Waals surface area contributed by atoms with Gasteiger partial charge < -0.3 is 5.32 Å². The molecule has 0 fully saturated rings. The molecule has 0 heterocycles. The molecule has 0 aliphatic heterocycles. The summed E-state index contributed by atoms with van der Waals surface area (Å²) >= 11 is 1.74. The van der Waals surface area contributed by atoms with Crippen molar-refractivity contribution in [2.75, 3.05) is 12.8 Å². The lowest BCUT2D eigenvalue weighted by Gasteiger charge is -2.14. The molecule has 20 heavy (non-hydrogen) atoms. The fourth-order valence-electron chi connectivity index (χ4n) is 2.13. The number of halogens is 1. The Balaban J connectivity index is 1.85. The summed E-state index contributed by atoms with van der Waals surface area (Å²) in [5, 5.41) is 3.44. The SMILES string of the molecule is CSc1ccc(C(C)NCCc2ccccc2F)cc1. The molecule has 2 aromatic carbocycles. The first kappa shape index (κ1) is 15.1. The first-order valence-corrected chi connectivity index (χ1v) is 8.04. The standard InChI is InChI=1S/C17H20FNS/c1-13(14-7-9-16(20-2)10-8-14)19-12-11-15-5-3-4-6-17(15)18/h3-10,13,19H,11-12H2,1-2H3. The minimum Gasteiger partial charge on any atom is -0.310 e. The largest absolute Gasteiger partial charge is 0.310 e. The zero-order chi connectivity index (χ0) is 14.4. The van der Waals surface area contributed by atoms with Gasteiger partial charge in [-0.2, -0.15) is 0 Å². The third-order valence-electron chi connectivity index (χ3n) is 3.42. The highest BCUT2D eigenvalue weighted by Gasteiger charge is 2.05. The summed E-state index contributed by atoms with van der Waals surface area (Å²) in [6, 6.07) is 15.8. The van der Waals surface area contributed by atoms with Crippen LogP contribution in [0.2, 0.25) is 0 Å². The van der Waals surface area contributed by atoms with Crippen LogP contribution in [-0.4, -0.2) is 12.8 Å². The second kappa shape index (κ2) is 7.46. The fraction of sp³-hybridized carbons (Fsp3) is 0.294. The number of thioether (sulfide) groups is 1. The van der Waals surface area contributed by atoms with Gasteiger partial charge in [0.25, 0.3) is 0 Å². The average molecular weight is 289 g/mol. The van der Waals surface area contributed by atoms with Crippen LogP contribution in [-0.2, 0) is 6.42 Å². The lowest BCUT2D eigenvalue weighted by molar-refractivity contribution is 0.559. The Hall–Kier alpha value is -1.32. The van der Waals surface area contributed by atoms with Gasteiger partial charge in [0.2, 0.25) is 0 Å². The number of nitrogens with one attached hydrogen (secondary N) is 1. The molecule has 0 bridgehead atoms. The minimum atomic E-state index is -0.119. The van der Waals surface area contributed by atoms with Gasteiger partial charge in [-0.3, -0.25) is 0 Å². The molecule has 0 aliphatic carbocycles. The second-order valence-corrected chi connectivity index (χ2v) is 5.67. The Morgan fingerprint density at radius 3 is 2.45 bits per heavy atom. The first-order chi connectivity index (χ1) is 9.70. The van der Waals surface area contributed by atoms with E-state index in [-0.39, 0.29) is 11.9 Å². The fourth-order valence-corrected chi connectivity index (χ4v) is 2.54. The highest BCUT2D eigenvalue weighted by molar-refractivity contribution is 7.98. The maximum absolute atomic E-state index is 13.5. The van der Waals surface area contributed by atoms with Gasteiger partial charge in [-0.1, -0.05) is 30.3 Å². The summed E-state index contributed by atoms with van der Waals surface area (Å²) in [7, 11) is 0. The van der Waals surface area contributed by atoms with Crippen molar-refractivity contribution >= 4 is 11.8 Å². The van der Waals surface area contributed by atoms with Gasteiger partial charge in [0, 0.05) is 10.9 Å². The van der Waals surface area contributed by atoms with Gasteiger partial charge in [0.1, 0.15) is 5.82 Å². The van der Waals surface area contributed by atoms with Crippen molar-refractivity contribution in [3.05, 3.63) is 65.5 Å². The smallest absolute Gasteiger partial charge is 0.126 e. The van der Waals surface area contributed by atoms with Crippen LogP contribution in [0.15, 0.2) is 53.4 Å². The molecule has 0 aliphatic rings. The van der Waals surface area contributed by atoms with Crippen LogP contribution in [0.3, 0.4) is 0 Å². The molecule has 2 aromatic rings. The Kier molecular flexibility index (Phi) is 5.62. The van der Waals surface area contributed by atoms with Crippen molar-refractivity contribution < 1.29 is 4.39 Å². The highest BCUT2D eigenvalue weighted by atomic mass is 32.2. The van der Waals surface area contributed by atoms with Crippen molar-refractivity contribution in [3.8, 4) is 0 Å². The van der Waals surface area contributed by atoms with Gasteiger partial charge in [-0.15, -0.1) is 11.8 Å². The van der Waals surface area contributed by atoms with Crippen LogP contribution >= 0.6 is 11.8 Å². The molecule has 2 rings (SSSR count). The molecule has 0 radical (unpaired) electrons. The molecule has 0 saturated carbocycles. The van der Waals surface area contributed by atoms with E-state index < -0.39 is 0 Å². The van der Waals surface area contributed by atoms with E-state index in [1.165, 1.54) is 16.5 Å². The lowest BCUT2D eigenvalue weighted by Crippen LogP contribution is -2.21. The van der Waals surface area contributed by atoms with Crippen molar-refractivity contribution in [1.29, 1.82) is 0 Å². The maximum Gasteiger partial charge on any atom is 0.126 e. The summed E-state index contributed by atoms with van der Waals surface area (Å²) in [5.74, 6) is -0.119. The predicted octanol–water partition coefficient (Wildman–Crippen LogP) is 4.44. The van der Waals surface area contributed by atoms with E-state index in [4.69, 9.17) is 0 Å². The van der Waals surface area contributed by atoms with Crippen molar-refractivity contribution in [2.45, 2.75) is 24.3 Å². The van der Waals surface area contributed by atoms with Gasteiger partial charge in [0.05, 0.1) is 0 Å². The van der Waals surface area contributed by atoms with Crippen LogP contribution in [0.4, 0.5) is 4.39 Å². The minimum absolute atomic E-state index is 0.119. The third-order valence-corrected chi connectivity index (χ3v) is 4.16. The average Bonchev–Trinajstić information content (AvgIpc) is 2.49. The molecule has 3 heteroatoms. The number of hydrogen-bond donors (Lipinski definition) is 1. The van der Waals surface area contributed by atoms with E-state index in [1.54, 1.807) is 17.8 Å². The summed E-state index contributed by atoms with van der Waals surface area (Å²) in [6.45, 7) is 2.90. The van der Waals surface area contributed by atoms with Crippen LogP contribution in [0.25, 0.3) is 0 Å². The monoisotopic (exact) mass is 289 g/mol. The van der Waals surface area contributed by atoms with E-state index >= 15 is 0 Å². The van der Waals surface area contributed by atoms with Gasteiger partial charge in [-0.25, -0.2) is 4.39 Å². The van der Waals surface area contributed by atoms with Crippen LogP contribution in [0.5, 0.6) is 0 Å². The van der Waals surface area contributed by atoms with Gasteiger partial charge in [-0.05, 0) is 55.5 Å². The molecular formula is C17H20FNS. The van der Waals surface area contributed by atoms with E-state index in [9.17, 15) is 4.39 Å². The zero-order valence-corrected chi connectivity index (χ0v) is 12.7. The van der Waals surface area contributed by atoms with Crippen LogP contribution < -0.4 is 5.32 Å². The summed E-state index contributed by atoms with van der Waals surface area (Å²) in [4.78, 5) is 1.27. The van der Waals surface area contributed by atoms with E-state index in [0.29, 0.717) is 6.42 Å². The summed E-state index contributed by atoms with van der Waals surface area (Å²) in [6.07, 6.45) is 2.78. The van der Waals surface area contributed by atoms with Crippen molar-refractivity contribution in [2.24, 2.45) is 0 Å². The number of benzene rings is 2. The summed E-state index contributed by atoms with van der Waals surface area (Å²) < 4.78 is 13.5. The van der Waals surface area contributed by atoms with Crippen molar-refractivity contribution in [1.82, 2.24) is 5.32 Å². The van der Waals surface area contributed by atoms with E-state index in [2.05, 4.69) is 42.8 Å². The summed E-state index contributed by atoms with van der Waals surface area (Å²) in [5.41, 5.74) is 2.03. The second-order valence-electron chi connectivity index (χ2n) is 4.79. The van der Waals surface area contributed by atoms with E-state index in [0.717, 1.165) is 12.1 Å². The zero-order valence-electron chi connectivity index (χ0n) is 11.9.